The molecule has 1 fully saturated rings. The van der Waals surface area contributed by atoms with Crippen LogP contribution in [-0.2, 0) is 16.1 Å². The first-order valence-electron chi connectivity index (χ1n) is 10.4. The van der Waals surface area contributed by atoms with Crippen molar-refractivity contribution in [1.29, 1.82) is 0 Å². The third kappa shape index (κ3) is 3.74. The van der Waals surface area contributed by atoms with Gasteiger partial charge in [-0.15, -0.1) is 0 Å². The van der Waals surface area contributed by atoms with Gasteiger partial charge in [-0.05, 0) is 54.8 Å². The smallest absolute Gasteiger partial charge is 0.271 e. The van der Waals surface area contributed by atoms with Crippen LogP contribution in [0, 0.1) is 13.8 Å². The zero-order valence-electron chi connectivity index (χ0n) is 18.0. The number of carbonyl (C=O) groups excluding carboxylic acids is 2. The van der Waals surface area contributed by atoms with Crippen molar-refractivity contribution >= 4 is 73.0 Å². The Kier molecular flexibility index (Phi) is 5.72. The molecule has 4 nitrogen and oxygen atoms in total. The van der Waals surface area contributed by atoms with Gasteiger partial charge in [-0.3, -0.25) is 14.5 Å². The van der Waals surface area contributed by atoms with Crippen LogP contribution >= 0.6 is 39.9 Å². The lowest BCUT2D eigenvalue weighted by Gasteiger charge is -2.18. The maximum absolute atomic E-state index is 13.7. The van der Waals surface area contributed by atoms with Gasteiger partial charge in [0.1, 0.15) is 0 Å². The molecule has 0 atom stereocenters. The fourth-order valence-electron chi connectivity index (χ4n) is 4.18. The van der Waals surface area contributed by atoms with Crippen LogP contribution in [0.5, 0.6) is 0 Å². The van der Waals surface area contributed by atoms with E-state index < -0.39 is 0 Å². The van der Waals surface area contributed by atoms with E-state index in [4.69, 9.17) is 12.2 Å². The van der Waals surface area contributed by atoms with Gasteiger partial charge >= 0.3 is 0 Å². The molecule has 0 radical (unpaired) electrons. The summed E-state index contributed by atoms with van der Waals surface area (Å²) in [5, 5.41) is 0. The Balaban J connectivity index is 1.59. The molecule has 0 aliphatic carbocycles. The molecule has 7 heteroatoms. The average Bonchev–Trinajstić information content (AvgIpc) is 3.23. The first kappa shape index (κ1) is 22.1. The number of hydrogen-bond acceptors (Lipinski definition) is 4. The number of hydrogen-bond donors (Lipinski definition) is 0. The summed E-state index contributed by atoms with van der Waals surface area (Å²) in [6.45, 7) is 4.40. The Morgan fingerprint density at radius 2 is 1.64 bits per heavy atom. The minimum atomic E-state index is -0.249. The lowest BCUT2D eigenvalue weighted by atomic mass is 10.1. The van der Waals surface area contributed by atoms with Crippen LogP contribution in [0.15, 0.2) is 76.1 Å². The summed E-state index contributed by atoms with van der Waals surface area (Å²) >= 11 is 10.3. The third-order valence-corrected chi connectivity index (χ3v) is 7.83. The zero-order chi connectivity index (χ0) is 23.3. The second-order valence-electron chi connectivity index (χ2n) is 7.97. The van der Waals surface area contributed by atoms with Crippen LogP contribution in [0.2, 0.25) is 0 Å². The predicted octanol–water partition coefficient (Wildman–Crippen LogP) is 6.39. The van der Waals surface area contributed by atoms with Crippen LogP contribution in [0.3, 0.4) is 0 Å². The number of halogens is 1. The third-order valence-electron chi connectivity index (χ3n) is 5.97. The summed E-state index contributed by atoms with van der Waals surface area (Å²) in [6.07, 6.45) is 0. The van der Waals surface area contributed by atoms with Gasteiger partial charge in [0.2, 0.25) is 0 Å². The highest BCUT2D eigenvalue weighted by molar-refractivity contribution is 9.10. The van der Waals surface area contributed by atoms with Gasteiger partial charge in [0.05, 0.1) is 28.4 Å². The van der Waals surface area contributed by atoms with Gasteiger partial charge in [-0.1, -0.05) is 82.4 Å². The molecule has 0 aromatic heterocycles. The summed E-state index contributed by atoms with van der Waals surface area (Å²) in [5.41, 5.74) is 5.82. The summed E-state index contributed by atoms with van der Waals surface area (Å²) in [7, 11) is 0. The summed E-state index contributed by atoms with van der Waals surface area (Å²) < 4.78 is 1.39. The van der Waals surface area contributed by atoms with Gasteiger partial charge in [0.25, 0.3) is 11.8 Å². The number of nitrogens with zero attached hydrogens (tertiary/aromatic N) is 2. The molecule has 3 aromatic carbocycles. The van der Waals surface area contributed by atoms with Crippen LogP contribution in [0.4, 0.5) is 11.4 Å². The molecule has 0 bridgehead atoms. The molecule has 2 amide bonds. The Morgan fingerprint density at radius 1 is 0.909 bits per heavy atom. The average molecular weight is 535 g/mol. The minimum absolute atomic E-state index is 0.183. The van der Waals surface area contributed by atoms with E-state index in [0.29, 0.717) is 21.3 Å². The van der Waals surface area contributed by atoms with E-state index in [9.17, 15) is 9.59 Å². The van der Waals surface area contributed by atoms with E-state index in [1.165, 1.54) is 11.8 Å². The molecule has 3 aromatic rings. The SMILES string of the molecule is Cc1cccc(N2C(=O)C(=C3C(=O)N(Cc4cccc(Br)c4)c4ccccc43)SC2=S)c1C. The van der Waals surface area contributed by atoms with Crippen LogP contribution in [0.25, 0.3) is 5.57 Å². The summed E-state index contributed by atoms with van der Waals surface area (Å²) in [6, 6.07) is 21.3. The van der Waals surface area contributed by atoms with Gasteiger partial charge in [0, 0.05) is 10.0 Å². The first-order chi connectivity index (χ1) is 15.9. The number of benzene rings is 3. The molecule has 2 heterocycles. The molecular weight excluding hydrogens is 516 g/mol. The maximum atomic E-state index is 13.7. The topological polar surface area (TPSA) is 40.6 Å². The largest absolute Gasteiger partial charge is 0.303 e. The number of thioether (sulfide) groups is 1. The van der Waals surface area contributed by atoms with Crippen molar-refractivity contribution in [2.75, 3.05) is 9.80 Å². The van der Waals surface area contributed by atoms with Gasteiger partial charge in [-0.2, -0.15) is 0 Å². The molecule has 33 heavy (non-hydrogen) atoms. The van der Waals surface area contributed by atoms with E-state index in [0.717, 1.165) is 38.1 Å². The quantitative estimate of drug-likeness (QED) is 0.288. The molecule has 2 aliphatic rings. The number of anilines is 2. The maximum Gasteiger partial charge on any atom is 0.271 e. The highest BCUT2D eigenvalue weighted by Crippen LogP contribution is 2.46. The molecule has 164 valence electrons. The Hall–Kier alpha value is -2.74. The number of para-hydroxylation sites is 1. The van der Waals surface area contributed by atoms with E-state index in [1.54, 1.807) is 9.80 Å². The van der Waals surface area contributed by atoms with E-state index in [-0.39, 0.29) is 11.8 Å². The highest BCUT2D eigenvalue weighted by atomic mass is 79.9. The fourth-order valence-corrected chi connectivity index (χ4v) is 5.98. The second-order valence-corrected chi connectivity index (χ2v) is 10.5. The van der Waals surface area contributed by atoms with Gasteiger partial charge < -0.3 is 4.90 Å². The predicted molar refractivity (Wildman–Crippen MR) is 142 cm³/mol. The summed E-state index contributed by atoms with van der Waals surface area (Å²) in [5.74, 6) is -0.432. The number of aryl methyl sites for hydroxylation is 1. The van der Waals surface area contributed by atoms with E-state index >= 15 is 0 Å². The van der Waals surface area contributed by atoms with Crippen molar-refractivity contribution < 1.29 is 9.59 Å². The lowest BCUT2D eigenvalue weighted by Crippen LogP contribution is -2.29. The zero-order valence-corrected chi connectivity index (χ0v) is 21.2. The van der Waals surface area contributed by atoms with Crippen LogP contribution < -0.4 is 9.80 Å². The minimum Gasteiger partial charge on any atom is -0.303 e. The van der Waals surface area contributed by atoms with E-state index in [1.807, 2.05) is 80.6 Å². The molecule has 0 N–H and O–H groups in total. The normalized spacial score (nSPS) is 17.8. The lowest BCUT2D eigenvalue weighted by molar-refractivity contribution is -0.115. The van der Waals surface area contributed by atoms with Crippen molar-refractivity contribution in [2.45, 2.75) is 20.4 Å². The molecular formula is C26H19BrN2O2S2. The Labute approximate surface area is 210 Å². The first-order valence-corrected chi connectivity index (χ1v) is 12.4. The standard InChI is InChI=1S/C26H19BrN2O2S2/c1-15-7-5-12-20(16(15)2)29-25(31)23(33-26(29)32)22-19-10-3-4-11-21(19)28(24(22)30)14-17-8-6-9-18(27)13-17/h3-13H,14H2,1-2H3. The van der Waals surface area contributed by atoms with Crippen molar-refractivity contribution in [1.82, 2.24) is 0 Å². The summed E-state index contributed by atoms with van der Waals surface area (Å²) in [4.78, 5) is 31.0. The van der Waals surface area contributed by atoms with Crippen molar-refractivity contribution in [3.8, 4) is 0 Å². The number of fused-ring (bicyclic) bond motifs is 1. The monoisotopic (exact) mass is 534 g/mol. The Bertz CT molecular complexity index is 1380. The fraction of sp³-hybridized carbons (Fsp3) is 0.115. The van der Waals surface area contributed by atoms with Crippen LogP contribution in [-0.4, -0.2) is 16.1 Å². The molecule has 5 rings (SSSR count). The number of carbonyl (C=O) groups is 2. The molecule has 1 saturated heterocycles. The second kappa shape index (κ2) is 8.56. The molecule has 0 spiro atoms. The number of amides is 2. The van der Waals surface area contributed by atoms with Crippen molar-refractivity contribution in [3.63, 3.8) is 0 Å². The highest BCUT2D eigenvalue weighted by Gasteiger charge is 2.42. The number of thiocarbonyl (C=S) groups is 1. The van der Waals surface area contributed by atoms with Crippen molar-refractivity contribution in [2.24, 2.45) is 0 Å². The number of rotatable bonds is 3. The van der Waals surface area contributed by atoms with Gasteiger partial charge in [0.15, 0.2) is 4.32 Å². The van der Waals surface area contributed by atoms with Gasteiger partial charge in [-0.25, -0.2) is 0 Å². The molecule has 0 unspecified atom stereocenters. The van der Waals surface area contributed by atoms with Crippen LogP contribution in [0.1, 0.15) is 22.3 Å². The Morgan fingerprint density at radius 3 is 2.42 bits per heavy atom. The van der Waals surface area contributed by atoms with E-state index in [2.05, 4.69) is 15.9 Å². The molecule has 0 saturated carbocycles. The molecule has 2 aliphatic heterocycles. The van der Waals surface area contributed by atoms with Crippen molar-refractivity contribution in [3.05, 3.63) is 98.4 Å².